The van der Waals surface area contributed by atoms with E-state index in [1.165, 1.54) is 19.2 Å². The molecule has 1 aromatic rings. The molecule has 1 fully saturated rings. The molecule has 1 saturated carbocycles. The third-order valence-corrected chi connectivity index (χ3v) is 3.63. The van der Waals surface area contributed by atoms with E-state index in [4.69, 9.17) is 22.1 Å². The maximum absolute atomic E-state index is 13.1. The predicted octanol–water partition coefficient (Wildman–Crippen LogP) is 2.68. The van der Waals surface area contributed by atoms with Crippen LogP contribution in [-0.2, 0) is 5.41 Å². The number of hydrogen-bond acceptors (Lipinski definition) is 3. The summed E-state index contributed by atoms with van der Waals surface area (Å²) in [5, 5.41) is 10.4. The summed E-state index contributed by atoms with van der Waals surface area (Å²) in [7, 11) is 1.37. The molecule has 3 N–H and O–H groups in total. The summed E-state index contributed by atoms with van der Waals surface area (Å²) in [6.07, 6.45) is -0.763. The number of hydrogen-bond donors (Lipinski definition) is 2. The summed E-state index contributed by atoms with van der Waals surface area (Å²) in [6.45, 7) is 0.0274. The number of phenols is 1. The summed E-state index contributed by atoms with van der Waals surface area (Å²) in [6, 6.07) is 2.91. The van der Waals surface area contributed by atoms with Crippen molar-refractivity contribution in [2.45, 2.75) is 24.2 Å². The number of phenolic OH excluding ortho intramolecular Hbond substituents is 1. The molecule has 1 aliphatic rings. The Bertz CT molecular complexity index is 471. The fourth-order valence-electron chi connectivity index (χ4n) is 2.52. The molecule has 0 spiro atoms. The van der Waals surface area contributed by atoms with E-state index in [0.29, 0.717) is 10.6 Å². The molecule has 3 nitrogen and oxygen atoms in total. The molecule has 0 aromatic heterocycles. The van der Waals surface area contributed by atoms with E-state index in [0.717, 1.165) is 0 Å². The monoisotopic (exact) mass is 277 g/mol. The van der Waals surface area contributed by atoms with E-state index in [1.807, 2.05) is 0 Å². The molecule has 0 atom stereocenters. The van der Waals surface area contributed by atoms with Crippen LogP contribution in [0.25, 0.3) is 0 Å². The van der Waals surface area contributed by atoms with Gasteiger partial charge in [0.1, 0.15) is 0 Å². The third kappa shape index (κ3) is 2.01. The lowest BCUT2D eigenvalue weighted by Crippen LogP contribution is -2.53. The van der Waals surface area contributed by atoms with Crippen LogP contribution in [0, 0.1) is 0 Å². The first kappa shape index (κ1) is 13.4. The van der Waals surface area contributed by atoms with Gasteiger partial charge in [-0.1, -0.05) is 11.6 Å². The van der Waals surface area contributed by atoms with Crippen molar-refractivity contribution in [2.75, 3.05) is 13.7 Å². The minimum atomic E-state index is -2.73. The molecule has 1 aliphatic carbocycles. The summed E-state index contributed by atoms with van der Waals surface area (Å²) >= 11 is 5.90. The Labute approximate surface area is 108 Å². The third-order valence-electron chi connectivity index (χ3n) is 3.42. The van der Waals surface area contributed by atoms with Gasteiger partial charge in [0.15, 0.2) is 11.5 Å². The summed E-state index contributed by atoms with van der Waals surface area (Å²) in [5.41, 5.74) is 5.01. The molecule has 18 heavy (non-hydrogen) atoms. The van der Waals surface area contributed by atoms with Crippen LogP contribution in [0.4, 0.5) is 8.78 Å². The van der Waals surface area contributed by atoms with Crippen LogP contribution in [0.5, 0.6) is 11.5 Å². The van der Waals surface area contributed by atoms with Crippen molar-refractivity contribution in [1.82, 2.24) is 0 Å². The van der Waals surface area contributed by atoms with Gasteiger partial charge in [-0.15, -0.1) is 0 Å². The van der Waals surface area contributed by atoms with Gasteiger partial charge in [0.2, 0.25) is 5.92 Å². The van der Waals surface area contributed by atoms with E-state index in [9.17, 15) is 13.9 Å². The van der Waals surface area contributed by atoms with Gasteiger partial charge >= 0.3 is 0 Å². The molecule has 0 saturated heterocycles. The molecule has 0 heterocycles. The molecule has 0 amide bonds. The average Bonchev–Trinajstić information content (AvgIpc) is 2.28. The fourth-order valence-corrected chi connectivity index (χ4v) is 2.73. The largest absolute Gasteiger partial charge is 0.504 e. The predicted molar refractivity (Wildman–Crippen MR) is 64.6 cm³/mol. The summed E-state index contributed by atoms with van der Waals surface area (Å²) in [4.78, 5) is 0. The Kier molecular flexibility index (Phi) is 3.15. The van der Waals surface area contributed by atoms with Gasteiger partial charge in [0, 0.05) is 41.5 Å². The van der Waals surface area contributed by atoms with Crippen LogP contribution in [0.2, 0.25) is 5.02 Å². The smallest absolute Gasteiger partial charge is 0.250 e. The second-order valence-corrected chi connectivity index (χ2v) is 5.13. The Morgan fingerprint density at radius 3 is 2.50 bits per heavy atom. The van der Waals surface area contributed by atoms with E-state index < -0.39 is 11.3 Å². The maximum atomic E-state index is 13.1. The lowest BCUT2D eigenvalue weighted by Gasteiger charge is -2.47. The van der Waals surface area contributed by atoms with Crippen molar-refractivity contribution in [3.63, 3.8) is 0 Å². The number of ether oxygens (including phenoxy) is 1. The quantitative estimate of drug-likeness (QED) is 0.893. The first-order chi connectivity index (χ1) is 8.33. The number of benzene rings is 1. The molecule has 6 heteroatoms. The number of aromatic hydroxyl groups is 1. The van der Waals surface area contributed by atoms with Crippen LogP contribution >= 0.6 is 11.6 Å². The molecular weight excluding hydrogens is 264 g/mol. The fraction of sp³-hybridized carbons (Fsp3) is 0.500. The molecule has 0 radical (unpaired) electrons. The van der Waals surface area contributed by atoms with Crippen molar-refractivity contribution >= 4 is 11.6 Å². The van der Waals surface area contributed by atoms with Crippen molar-refractivity contribution in [1.29, 1.82) is 0 Å². The van der Waals surface area contributed by atoms with Gasteiger partial charge in [-0.05, 0) is 6.07 Å². The highest BCUT2D eigenvalue weighted by Gasteiger charge is 2.57. The van der Waals surface area contributed by atoms with Crippen LogP contribution < -0.4 is 10.5 Å². The highest BCUT2D eigenvalue weighted by atomic mass is 35.5. The zero-order chi connectivity index (χ0) is 13.6. The molecule has 0 aliphatic heterocycles. The SMILES string of the molecule is COc1cc(Cl)cc(C2(CN)CC(F)(F)C2)c1O. The number of rotatable bonds is 3. The maximum Gasteiger partial charge on any atom is 0.250 e. The van der Waals surface area contributed by atoms with E-state index in [2.05, 4.69) is 0 Å². The molecule has 2 rings (SSSR count). The zero-order valence-electron chi connectivity index (χ0n) is 9.84. The van der Waals surface area contributed by atoms with Gasteiger partial charge in [-0.2, -0.15) is 0 Å². The van der Waals surface area contributed by atoms with Gasteiger partial charge in [0.05, 0.1) is 7.11 Å². The van der Waals surface area contributed by atoms with Crippen LogP contribution in [-0.4, -0.2) is 24.7 Å². The first-order valence-corrected chi connectivity index (χ1v) is 5.86. The van der Waals surface area contributed by atoms with Crippen LogP contribution in [0.3, 0.4) is 0 Å². The number of nitrogens with two attached hydrogens (primary N) is 1. The summed E-state index contributed by atoms with van der Waals surface area (Å²) < 4.78 is 31.2. The summed E-state index contributed by atoms with van der Waals surface area (Å²) in [5.74, 6) is -2.73. The van der Waals surface area contributed by atoms with Gasteiger partial charge in [-0.3, -0.25) is 0 Å². The standard InChI is InChI=1S/C12H14ClF2NO2/c1-18-9-3-7(13)2-8(10(9)17)11(6-16)4-12(14,15)5-11/h2-3,17H,4-6,16H2,1H3. The highest BCUT2D eigenvalue weighted by Crippen LogP contribution is 2.56. The minimum absolute atomic E-state index is 0.0274. The lowest BCUT2D eigenvalue weighted by atomic mass is 9.62. The number of halogens is 3. The van der Waals surface area contributed by atoms with Gasteiger partial charge in [0.25, 0.3) is 0 Å². The Balaban J connectivity index is 2.47. The number of methoxy groups -OCH3 is 1. The first-order valence-electron chi connectivity index (χ1n) is 5.48. The number of alkyl halides is 2. The van der Waals surface area contributed by atoms with Gasteiger partial charge < -0.3 is 15.6 Å². The molecule has 0 unspecified atom stereocenters. The molecule has 1 aromatic carbocycles. The van der Waals surface area contributed by atoms with Crippen molar-refractivity contribution in [3.05, 3.63) is 22.7 Å². The normalized spacial score (nSPS) is 20.3. The average molecular weight is 278 g/mol. The van der Waals surface area contributed by atoms with Crippen molar-refractivity contribution in [3.8, 4) is 11.5 Å². The second-order valence-electron chi connectivity index (χ2n) is 4.70. The minimum Gasteiger partial charge on any atom is -0.504 e. The zero-order valence-corrected chi connectivity index (χ0v) is 10.6. The lowest BCUT2D eigenvalue weighted by molar-refractivity contribution is -0.124. The Morgan fingerprint density at radius 2 is 2.06 bits per heavy atom. The molecule has 100 valence electrons. The molecule has 0 bridgehead atoms. The Hall–Kier alpha value is -1.07. The second kappa shape index (κ2) is 4.24. The Morgan fingerprint density at radius 1 is 1.44 bits per heavy atom. The van der Waals surface area contributed by atoms with E-state index in [-0.39, 0.29) is 30.9 Å². The van der Waals surface area contributed by atoms with Crippen LogP contribution in [0.15, 0.2) is 12.1 Å². The van der Waals surface area contributed by atoms with Gasteiger partial charge in [-0.25, -0.2) is 8.78 Å². The van der Waals surface area contributed by atoms with E-state index >= 15 is 0 Å². The van der Waals surface area contributed by atoms with Crippen molar-refractivity contribution in [2.24, 2.45) is 5.73 Å². The highest BCUT2D eigenvalue weighted by molar-refractivity contribution is 6.30. The van der Waals surface area contributed by atoms with Crippen molar-refractivity contribution < 1.29 is 18.6 Å². The van der Waals surface area contributed by atoms with Crippen LogP contribution in [0.1, 0.15) is 18.4 Å². The van der Waals surface area contributed by atoms with E-state index in [1.54, 1.807) is 0 Å². The molecular formula is C12H14ClF2NO2. The topological polar surface area (TPSA) is 55.5 Å².